The van der Waals surface area contributed by atoms with Crippen molar-refractivity contribution in [2.24, 2.45) is 0 Å². The van der Waals surface area contributed by atoms with Gasteiger partial charge >= 0.3 is 0 Å². The first kappa shape index (κ1) is 17.4. The summed E-state index contributed by atoms with van der Waals surface area (Å²) in [4.78, 5) is 19.0. The zero-order chi connectivity index (χ0) is 17.5. The summed E-state index contributed by atoms with van der Waals surface area (Å²) in [6.07, 6.45) is 4.51. The number of hydrogen-bond donors (Lipinski definition) is 0. The van der Waals surface area contributed by atoms with Crippen LogP contribution in [0.5, 0.6) is 5.88 Å². The molecule has 5 nitrogen and oxygen atoms in total. The zero-order valence-corrected chi connectivity index (χ0v) is 14.6. The van der Waals surface area contributed by atoms with E-state index in [2.05, 4.69) is 11.9 Å². The predicted molar refractivity (Wildman–Crippen MR) is 97.1 cm³/mol. The summed E-state index contributed by atoms with van der Waals surface area (Å²) in [6.45, 7) is 4.14. The molecule has 1 amide bonds. The Morgan fingerprint density at radius 2 is 2.12 bits per heavy atom. The highest BCUT2D eigenvalue weighted by atomic mass is 16.5. The lowest BCUT2D eigenvalue weighted by molar-refractivity contribution is 0.0986. The van der Waals surface area contributed by atoms with E-state index in [1.54, 1.807) is 18.3 Å². The SMILES string of the molecule is CCCCN(C(=O)c1ccc(OC2CCOC2)nc1)c1ccccc1. The third kappa shape index (κ3) is 4.57. The average molecular weight is 340 g/mol. The van der Waals surface area contributed by atoms with Crippen LogP contribution in [0.2, 0.25) is 0 Å². The number of amides is 1. The Hall–Kier alpha value is -2.40. The van der Waals surface area contributed by atoms with Crippen LogP contribution >= 0.6 is 0 Å². The molecule has 0 saturated carbocycles. The zero-order valence-electron chi connectivity index (χ0n) is 14.6. The van der Waals surface area contributed by atoms with Crippen molar-refractivity contribution < 1.29 is 14.3 Å². The molecule has 0 bridgehead atoms. The number of hydrogen-bond acceptors (Lipinski definition) is 4. The summed E-state index contributed by atoms with van der Waals surface area (Å²) in [6, 6.07) is 13.3. The number of aromatic nitrogens is 1. The highest BCUT2D eigenvalue weighted by molar-refractivity contribution is 6.05. The summed E-state index contributed by atoms with van der Waals surface area (Å²) < 4.78 is 11.1. The van der Waals surface area contributed by atoms with Gasteiger partial charge in [-0.2, -0.15) is 0 Å². The van der Waals surface area contributed by atoms with Crippen molar-refractivity contribution in [3.05, 3.63) is 54.2 Å². The molecule has 1 unspecified atom stereocenters. The molecule has 0 aliphatic carbocycles. The molecular weight excluding hydrogens is 316 g/mol. The fourth-order valence-electron chi connectivity index (χ4n) is 2.78. The number of para-hydroxylation sites is 1. The smallest absolute Gasteiger partial charge is 0.259 e. The highest BCUT2D eigenvalue weighted by Crippen LogP contribution is 2.19. The van der Waals surface area contributed by atoms with Gasteiger partial charge in [-0.15, -0.1) is 0 Å². The summed E-state index contributed by atoms with van der Waals surface area (Å²) in [5, 5.41) is 0. The molecule has 1 aromatic carbocycles. The Bertz CT molecular complexity index is 667. The van der Waals surface area contributed by atoms with Gasteiger partial charge in [0.05, 0.1) is 18.8 Å². The molecule has 25 heavy (non-hydrogen) atoms. The first-order chi connectivity index (χ1) is 12.3. The molecule has 1 aromatic heterocycles. The van der Waals surface area contributed by atoms with Gasteiger partial charge in [-0.1, -0.05) is 31.5 Å². The van der Waals surface area contributed by atoms with E-state index >= 15 is 0 Å². The van der Waals surface area contributed by atoms with E-state index in [1.165, 1.54) is 0 Å². The van der Waals surface area contributed by atoms with Crippen LogP contribution in [0, 0.1) is 0 Å². The lowest BCUT2D eigenvalue weighted by Gasteiger charge is -2.22. The number of carbonyl (C=O) groups excluding carboxylic acids is 1. The summed E-state index contributed by atoms with van der Waals surface area (Å²) in [7, 11) is 0. The monoisotopic (exact) mass is 340 g/mol. The van der Waals surface area contributed by atoms with Gasteiger partial charge in [0.25, 0.3) is 5.91 Å². The van der Waals surface area contributed by atoms with Gasteiger partial charge in [0.15, 0.2) is 0 Å². The molecule has 0 radical (unpaired) electrons. The lowest BCUT2D eigenvalue weighted by Crippen LogP contribution is -2.32. The molecule has 3 rings (SSSR count). The van der Waals surface area contributed by atoms with E-state index < -0.39 is 0 Å². The predicted octanol–water partition coefficient (Wildman–Crippen LogP) is 3.70. The molecule has 0 N–H and O–H groups in total. The molecule has 132 valence electrons. The number of unbranched alkanes of at least 4 members (excludes halogenated alkanes) is 1. The third-order valence-electron chi connectivity index (χ3n) is 4.21. The molecule has 1 fully saturated rings. The number of anilines is 1. The average Bonchev–Trinajstić information content (AvgIpc) is 3.16. The number of pyridine rings is 1. The van der Waals surface area contributed by atoms with Gasteiger partial charge < -0.3 is 14.4 Å². The summed E-state index contributed by atoms with van der Waals surface area (Å²) in [5.41, 5.74) is 1.47. The first-order valence-corrected chi connectivity index (χ1v) is 8.85. The lowest BCUT2D eigenvalue weighted by atomic mass is 10.2. The molecule has 5 heteroatoms. The largest absolute Gasteiger partial charge is 0.472 e. The van der Waals surface area contributed by atoms with Crippen molar-refractivity contribution >= 4 is 11.6 Å². The number of nitrogens with zero attached hydrogens (tertiary/aromatic N) is 2. The van der Waals surface area contributed by atoms with E-state index in [0.717, 1.165) is 31.6 Å². The molecule has 1 aliphatic heterocycles. The minimum Gasteiger partial charge on any atom is -0.472 e. The molecule has 2 aromatic rings. The number of benzene rings is 1. The van der Waals surface area contributed by atoms with Crippen LogP contribution in [-0.2, 0) is 4.74 Å². The van der Waals surface area contributed by atoms with Crippen molar-refractivity contribution in [1.82, 2.24) is 4.98 Å². The summed E-state index contributed by atoms with van der Waals surface area (Å²) in [5.74, 6) is 0.495. The van der Waals surface area contributed by atoms with Gasteiger partial charge in [0.1, 0.15) is 6.10 Å². The number of rotatable bonds is 7. The molecule has 1 atom stereocenters. The number of carbonyl (C=O) groups is 1. The normalized spacial score (nSPS) is 16.6. The van der Waals surface area contributed by atoms with E-state index in [4.69, 9.17) is 9.47 Å². The third-order valence-corrected chi connectivity index (χ3v) is 4.21. The van der Waals surface area contributed by atoms with Crippen LogP contribution in [0.4, 0.5) is 5.69 Å². The van der Waals surface area contributed by atoms with Crippen molar-refractivity contribution in [1.29, 1.82) is 0 Å². The molecule has 0 spiro atoms. The van der Waals surface area contributed by atoms with E-state index in [9.17, 15) is 4.79 Å². The minimum absolute atomic E-state index is 0.0390. The van der Waals surface area contributed by atoms with E-state index in [-0.39, 0.29) is 12.0 Å². The highest BCUT2D eigenvalue weighted by Gasteiger charge is 2.20. The Labute approximate surface area is 148 Å². The topological polar surface area (TPSA) is 51.7 Å². The van der Waals surface area contributed by atoms with Crippen LogP contribution in [0.25, 0.3) is 0 Å². The Balaban J connectivity index is 1.72. The van der Waals surface area contributed by atoms with Gasteiger partial charge in [0.2, 0.25) is 5.88 Å². The Morgan fingerprint density at radius 1 is 1.28 bits per heavy atom. The van der Waals surface area contributed by atoms with Crippen molar-refractivity contribution in [3.63, 3.8) is 0 Å². The standard InChI is InChI=1S/C20H24N2O3/c1-2-3-12-22(17-7-5-4-6-8-17)20(23)16-9-10-19(21-14-16)25-18-11-13-24-15-18/h4-10,14,18H,2-3,11-13,15H2,1H3. The van der Waals surface area contributed by atoms with Crippen molar-refractivity contribution in [2.75, 3.05) is 24.7 Å². The maximum atomic E-state index is 12.9. The van der Waals surface area contributed by atoms with Crippen LogP contribution in [0.1, 0.15) is 36.5 Å². The van der Waals surface area contributed by atoms with Gasteiger partial charge in [0, 0.05) is 30.9 Å². The van der Waals surface area contributed by atoms with Crippen LogP contribution in [0.3, 0.4) is 0 Å². The van der Waals surface area contributed by atoms with E-state index in [0.29, 0.717) is 24.6 Å². The van der Waals surface area contributed by atoms with Crippen LogP contribution in [-0.4, -0.2) is 36.8 Å². The Kier molecular flexibility index (Phi) is 6.01. The second kappa shape index (κ2) is 8.62. The van der Waals surface area contributed by atoms with Gasteiger partial charge in [-0.05, 0) is 24.6 Å². The van der Waals surface area contributed by atoms with E-state index in [1.807, 2.05) is 35.2 Å². The van der Waals surface area contributed by atoms with Crippen LogP contribution in [0.15, 0.2) is 48.7 Å². The quantitative estimate of drug-likeness (QED) is 0.771. The fraction of sp³-hybridized carbons (Fsp3) is 0.400. The fourth-order valence-corrected chi connectivity index (χ4v) is 2.78. The maximum Gasteiger partial charge on any atom is 0.259 e. The van der Waals surface area contributed by atoms with Crippen molar-refractivity contribution in [2.45, 2.75) is 32.3 Å². The first-order valence-electron chi connectivity index (χ1n) is 8.85. The number of ether oxygens (including phenoxy) is 2. The van der Waals surface area contributed by atoms with Gasteiger partial charge in [-0.25, -0.2) is 4.98 Å². The summed E-state index contributed by atoms with van der Waals surface area (Å²) >= 11 is 0. The molecular formula is C20H24N2O3. The maximum absolute atomic E-state index is 12.9. The second-order valence-electron chi connectivity index (χ2n) is 6.13. The van der Waals surface area contributed by atoms with Crippen LogP contribution < -0.4 is 9.64 Å². The molecule has 1 saturated heterocycles. The minimum atomic E-state index is -0.0390. The second-order valence-corrected chi connectivity index (χ2v) is 6.13. The molecule has 1 aliphatic rings. The van der Waals surface area contributed by atoms with Crippen molar-refractivity contribution in [3.8, 4) is 5.88 Å². The molecule has 2 heterocycles. The Morgan fingerprint density at radius 3 is 2.76 bits per heavy atom. The van der Waals surface area contributed by atoms with Gasteiger partial charge in [-0.3, -0.25) is 4.79 Å².